The maximum atomic E-state index is 12.8. The van der Waals surface area contributed by atoms with Crippen LogP contribution in [0.25, 0.3) is 0 Å². The summed E-state index contributed by atoms with van der Waals surface area (Å²) in [5.74, 6) is -0.957. The number of nitrogens with one attached hydrogen (secondary N) is 2. The molecule has 154 valence electrons. The van der Waals surface area contributed by atoms with Crippen molar-refractivity contribution < 1.29 is 19.1 Å². The molecule has 2 N–H and O–H groups in total. The molecule has 2 aliphatic rings. The van der Waals surface area contributed by atoms with Crippen molar-refractivity contribution >= 4 is 46.8 Å². The molecule has 0 unspecified atom stereocenters. The first-order valence-electron chi connectivity index (χ1n) is 9.13. The van der Waals surface area contributed by atoms with Crippen molar-refractivity contribution in [3.8, 4) is 0 Å². The van der Waals surface area contributed by atoms with Crippen LogP contribution in [0.2, 0.25) is 10.0 Å². The van der Waals surface area contributed by atoms with E-state index in [1.165, 1.54) is 4.90 Å². The van der Waals surface area contributed by atoms with Gasteiger partial charge in [-0.25, -0.2) is 9.59 Å². The molecule has 0 aliphatic carbocycles. The lowest BCUT2D eigenvalue weighted by Gasteiger charge is -2.32. The Morgan fingerprint density at radius 1 is 1.20 bits per heavy atom. The number of carbonyl (C=O) groups is 3. The summed E-state index contributed by atoms with van der Waals surface area (Å²) in [7, 11) is 0. The number of aryl methyl sites for hydroxylation is 1. The Bertz CT molecular complexity index is 1080. The minimum atomic E-state index is -0.671. The highest BCUT2D eigenvalue weighted by atomic mass is 35.5. The fraction of sp³-hybridized carbons (Fsp3) is 0.190. The maximum Gasteiger partial charge on any atom is 0.338 e. The number of anilines is 1. The van der Waals surface area contributed by atoms with E-state index < -0.39 is 23.9 Å². The second kappa shape index (κ2) is 8.01. The van der Waals surface area contributed by atoms with Crippen molar-refractivity contribution in [2.45, 2.75) is 13.0 Å². The molecule has 0 bridgehead atoms. The van der Waals surface area contributed by atoms with Crippen LogP contribution in [-0.2, 0) is 14.3 Å². The number of ether oxygens (including phenoxy) is 1. The topological polar surface area (TPSA) is 87.7 Å². The van der Waals surface area contributed by atoms with Gasteiger partial charge in [0.05, 0.1) is 17.3 Å². The Morgan fingerprint density at radius 3 is 2.63 bits per heavy atom. The number of benzene rings is 2. The average molecular weight is 446 g/mol. The Balaban J connectivity index is 1.58. The van der Waals surface area contributed by atoms with Gasteiger partial charge in [-0.1, -0.05) is 41.4 Å². The normalized spacial score (nSPS) is 18.1. The lowest BCUT2D eigenvalue weighted by Crippen LogP contribution is -2.49. The zero-order chi connectivity index (χ0) is 21.4. The van der Waals surface area contributed by atoms with E-state index in [1.54, 1.807) is 42.5 Å². The third kappa shape index (κ3) is 3.86. The van der Waals surface area contributed by atoms with E-state index in [2.05, 4.69) is 10.6 Å². The molecule has 0 aromatic heterocycles. The summed E-state index contributed by atoms with van der Waals surface area (Å²) < 4.78 is 5.16. The molecular weight excluding hydrogens is 429 g/mol. The molecule has 2 aliphatic heterocycles. The number of nitrogens with zero attached hydrogens (tertiary/aromatic N) is 1. The number of cyclic esters (lactones) is 1. The number of hydrogen-bond donors (Lipinski definition) is 2. The van der Waals surface area contributed by atoms with Crippen molar-refractivity contribution in [3.63, 3.8) is 0 Å². The first-order valence-corrected chi connectivity index (χ1v) is 9.89. The first-order chi connectivity index (χ1) is 14.3. The van der Waals surface area contributed by atoms with Gasteiger partial charge in [-0.15, -0.1) is 0 Å². The Morgan fingerprint density at radius 2 is 1.93 bits per heavy atom. The Kier molecular flexibility index (Phi) is 5.40. The second-order valence-electron chi connectivity index (χ2n) is 6.97. The van der Waals surface area contributed by atoms with Gasteiger partial charge in [-0.05, 0) is 42.3 Å². The fourth-order valence-electron chi connectivity index (χ4n) is 3.40. The molecule has 0 saturated heterocycles. The van der Waals surface area contributed by atoms with E-state index in [1.807, 2.05) is 6.92 Å². The molecule has 4 rings (SSSR count). The predicted molar refractivity (Wildman–Crippen MR) is 112 cm³/mol. The van der Waals surface area contributed by atoms with Crippen LogP contribution in [0, 0.1) is 6.92 Å². The predicted octanol–water partition coefficient (Wildman–Crippen LogP) is 3.82. The molecule has 3 amide bonds. The summed E-state index contributed by atoms with van der Waals surface area (Å²) in [4.78, 5) is 38.9. The summed E-state index contributed by atoms with van der Waals surface area (Å²) in [6.45, 7) is 1.50. The Labute approximate surface area is 182 Å². The smallest absolute Gasteiger partial charge is 0.338 e. The number of halogens is 2. The molecule has 0 fully saturated rings. The van der Waals surface area contributed by atoms with Gasteiger partial charge in [0, 0.05) is 15.7 Å². The van der Waals surface area contributed by atoms with Crippen molar-refractivity contribution in [3.05, 3.63) is 74.9 Å². The van der Waals surface area contributed by atoms with Gasteiger partial charge in [0.25, 0.3) is 0 Å². The minimum Gasteiger partial charge on any atom is -0.456 e. The average Bonchev–Trinajstić information content (AvgIpc) is 3.09. The third-order valence-corrected chi connectivity index (χ3v) is 5.62. The van der Waals surface area contributed by atoms with Crippen molar-refractivity contribution in [2.75, 3.05) is 18.5 Å². The molecular formula is C21H17Cl2N3O4. The minimum absolute atomic E-state index is 0.0741. The number of amides is 3. The summed E-state index contributed by atoms with van der Waals surface area (Å²) in [6, 6.07) is 10.8. The molecule has 0 saturated carbocycles. The van der Waals surface area contributed by atoms with Gasteiger partial charge in [-0.2, -0.15) is 0 Å². The number of rotatable bonds is 4. The van der Waals surface area contributed by atoms with Crippen LogP contribution in [0.15, 0.2) is 53.7 Å². The lowest BCUT2D eigenvalue weighted by atomic mass is 9.96. The van der Waals surface area contributed by atoms with E-state index >= 15 is 0 Å². The molecule has 30 heavy (non-hydrogen) atoms. The summed E-state index contributed by atoms with van der Waals surface area (Å²) in [5.41, 5.74) is 2.77. The summed E-state index contributed by atoms with van der Waals surface area (Å²) >= 11 is 12.0. The second-order valence-corrected chi connectivity index (χ2v) is 7.81. The van der Waals surface area contributed by atoms with Crippen LogP contribution in [0.3, 0.4) is 0 Å². The SMILES string of the molecule is Cc1ccc(NC(=O)CN2C(=O)N[C@@H](c3ccc(Cl)cc3)C3=C2COC3=O)cc1Cl. The van der Waals surface area contributed by atoms with Gasteiger partial charge in [-0.3, -0.25) is 9.69 Å². The fourth-order valence-corrected chi connectivity index (χ4v) is 3.70. The van der Waals surface area contributed by atoms with E-state index in [4.69, 9.17) is 27.9 Å². The van der Waals surface area contributed by atoms with E-state index in [0.717, 1.165) is 5.56 Å². The maximum absolute atomic E-state index is 12.8. The van der Waals surface area contributed by atoms with Crippen LogP contribution in [0.5, 0.6) is 0 Å². The number of hydrogen-bond acceptors (Lipinski definition) is 4. The van der Waals surface area contributed by atoms with E-state index in [0.29, 0.717) is 32.6 Å². The zero-order valence-corrected chi connectivity index (χ0v) is 17.4. The highest BCUT2D eigenvalue weighted by Crippen LogP contribution is 2.35. The highest BCUT2D eigenvalue weighted by Gasteiger charge is 2.42. The Hall–Kier alpha value is -3.03. The molecule has 0 spiro atoms. The number of esters is 1. The van der Waals surface area contributed by atoms with E-state index in [-0.39, 0.29) is 13.2 Å². The van der Waals surface area contributed by atoms with Gasteiger partial charge in [0.1, 0.15) is 13.2 Å². The molecule has 7 nitrogen and oxygen atoms in total. The monoisotopic (exact) mass is 445 g/mol. The van der Waals surface area contributed by atoms with Crippen LogP contribution in [0.1, 0.15) is 17.2 Å². The first kappa shape index (κ1) is 20.3. The van der Waals surface area contributed by atoms with Gasteiger partial charge in [0.15, 0.2) is 0 Å². The van der Waals surface area contributed by atoms with Crippen LogP contribution >= 0.6 is 23.2 Å². The summed E-state index contributed by atoms with van der Waals surface area (Å²) in [5, 5.41) is 6.55. The van der Waals surface area contributed by atoms with Crippen molar-refractivity contribution in [1.29, 1.82) is 0 Å². The molecule has 2 aromatic carbocycles. The third-order valence-electron chi connectivity index (χ3n) is 4.96. The standard InChI is InChI=1S/C21H17Cl2N3O4/c1-11-2-7-14(8-15(11)23)24-17(27)9-26-16-10-30-20(28)18(16)19(25-21(26)29)12-3-5-13(22)6-4-12/h2-8,19H,9-10H2,1H3,(H,24,27)(H,25,29)/t19-/m0/s1. The van der Waals surface area contributed by atoms with Crippen LogP contribution < -0.4 is 10.6 Å². The molecule has 1 atom stereocenters. The number of carbonyl (C=O) groups excluding carboxylic acids is 3. The van der Waals surface area contributed by atoms with Gasteiger partial charge >= 0.3 is 12.0 Å². The van der Waals surface area contributed by atoms with Crippen molar-refractivity contribution in [2.24, 2.45) is 0 Å². The molecule has 2 aromatic rings. The summed E-state index contributed by atoms with van der Waals surface area (Å²) in [6.07, 6.45) is 0. The lowest BCUT2D eigenvalue weighted by molar-refractivity contribution is -0.136. The quantitative estimate of drug-likeness (QED) is 0.700. The van der Waals surface area contributed by atoms with Crippen molar-refractivity contribution in [1.82, 2.24) is 10.2 Å². The highest BCUT2D eigenvalue weighted by molar-refractivity contribution is 6.31. The molecule has 9 heteroatoms. The van der Waals surface area contributed by atoms with Crippen LogP contribution in [0.4, 0.5) is 10.5 Å². The molecule has 0 radical (unpaired) electrons. The number of urea groups is 1. The molecule has 2 heterocycles. The largest absolute Gasteiger partial charge is 0.456 e. The van der Waals surface area contributed by atoms with Crippen LogP contribution in [-0.4, -0.2) is 36.0 Å². The van der Waals surface area contributed by atoms with Gasteiger partial charge in [0.2, 0.25) is 5.91 Å². The van der Waals surface area contributed by atoms with Gasteiger partial charge < -0.3 is 15.4 Å². The van der Waals surface area contributed by atoms with E-state index in [9.17, 15) is 14.4 Å². The zero-order valence-electron chi connectivity index (χ0n) is 15.9.